The Hall–Kier alpha value is -1.78. The Balaban J connectivity index is 2.00. The minimum atomic E-state index is -0.791. The van der Waals surface area contributed by atoms with Crippen LogP contribution >= 0.6 is 23.2 Å². The summed E-state index contributed by atoms with van der Waals surface area (Å²) < 4.78 is 19.0. The second-order valence-electron chi connectivity index (χ2n) is 4.33. The number of hydrogen-bond donors (Lipinski definition) is 1. The summed E-state index contributed by atoms with van der Waals surface area (Å²) in [5.74, 6) is -0.570. The van der Waals surface area contributed by atoms with Crippen molar-refractivity contribution < 1.29 is 13.9 Å². The summed E-state index contributed by atoms with van der Waals surface area (Å²) in [7, 11) is 0. The lowest BCUT2D eigenvalue weighted by Crippen LogP contribution is -2.30. The molecule has 0 saturated heterocycles. The highest BCUT2D eigenvalue weighted by atomic mass is 35.5. The molecule has 1 atom stereocenters. The lowest BCUT2D eigenvalue weighted by molar-refractivity contribution is -0.122. The highest BCUT2D eigenvalue weighted by molar-refractivity contribution is 6.30. The van der Waals surface area contributed by atoms with Gasteiger partial charge >= 0.3 is 0 Å². The number of ether oxygens (including phenoxy) is 1. The molecule has 2 aromatic carbocycles. The zero-order chi connectivity index (χ0) is 15.4. The molecule has 0 bridgehead atoms. The molecular formula is C15H12Cl2FNO2. The molecular weight excluding hydrogens is 316 g/mol. The molecule has 2 rings (SSSR count). The molecule has 0 fully saturated rings. The molecule has 0 saturated carbocycles. The van der Waals surface area contributed by atoms with Crippen molar-refractivity contribution in [3.05, 3.63) is 58.3 Å². The fraction of sp³-hybridized carbons (Fsp3) is 0.133. The number of nitrogens with one attached hydrogen (secondary N) is 1. The van der Waals surface area contributed by atoms with E-state index in [0.29, 0.717) is 10.8 Å². The van der Waals surface area contributed by atoms with Gasteiger partial charge in [0.05, 0.1) is 5.69 Å². The molecule has 3 nitrogen and oxygen atoms in total. The van der Waals surface area contributed by atoms with Gasteiger partial charge in [-0.2, -0.15) is 0 Å². The van der Waals surface area contributed by atoms with Gasteiger partial charge in [-0.15, -0.1) is 0 Å². The van der Waals surface area contributed by atoms with Gasteiger partial charge in [0.2, 0.25) is 0 Å². The highest BCUT2D eigenvalue weighted by Gasteiger charge is 2.16. The van der Waals surface area contributed by atoms with E-state index in [1.54, 1.807) is 31.2 Å². The molecule has 0 unspecified atom stereocenters. The fourth-order valence-corrected chi connectivity index (χ4v) is 1.88. The van der Waals surface area contributed by atoms with Crippen LogP contribution in [0.3, 0.4) is 0 Å². The first kappa shape index (κ1) is 15.6. The molecule has 0 aliphatic carbocycles. The lowest BCUT2D eigenvalue weighted by atomic mass is 10.2. The van der Waals surface area contributed by atoms with Gasteiger partial charge < -0.3 is 10.1 Å². The predicted octanol–water partition coefficient (Wildman–Crippen LogP) is 4.54. The van der Waals surface area contributed by atoms with E-state index in [0.717, 1.165) is 6.07 Å². The van der Waals surface area contributed by atoms with E-state index in [1.165, 1.54) is 12.1 Å². The number of benzene rings is 2. The molecule has 0 heterocycles. The van der Waals surface area contributed by atoms with Crippen LogP contribution in [0, 0.1) is 5.82 Å². The van der Waals surface area contributed by atoms with Crippen LogP contribution in [0.5, 0.6) is 5.75 Å². The molecule has 1 N–H and O–H groups in total. The normalized spacial score (nSPS) is 11.8. The molecule has 1 amide bonds. The number of amides is 1. The van der Waals surface area contributed by atoms with Gasteiger partial charge in [-0.25, -0.2) is 4.39 Å². The third kappa shape index (κ3) is 4.34. The second kappa shape index (κ2) is 6.78. The molecule has 2 aromatic rings. The van der Waals surface area contributed by atoms with Gasteiger partial charge in [0.25, 0.3) is 5.91 Å². The standard InChI is InChI=1S/C15H12Cl2FNO2/c1-9(21-12-5-2-10(16)3-6-12)15(20)19-14-7-4-11(17)8-13(14)18/h2-9H,1H3,(H,19,20)/t9-/m0/s1. The number of carbonyl (C=O) groups is 1. The van der Waals surface area contributed by atoms with Crippen molar-refractivity contribution in [3.8, 4) is 5.75 Å². The first-order valence-electron chi connectivity index (χ1n) is 6.14. The maximum atomic E-state index is 13.6. The molecule has 0 aliphatic rings. The van der Waals surface area contributed by atoms with Crippen molar-refractivity contribution in [2.24, 2.45) is 0 Å². The Morgan fingerprint density at radius 3 is 2.38 bits per heavy atom. The summed E-state index contributed by atoms with van der Waals surface area (Å²) >= 11 is 11.4. The van der Waals surface area contributed by atoms with Crippen LogP contribution in [0.1, 0.15) is 6.92 Å². The molecule has 0 radical (unpaired) electrons. The number of anilines is 1. The number of halogens is 3. The van der Waals surface area contributed by atoms with Crippen molar-refractivity contribution in [3.63, 3.8) is 0 Å². The van der Waals surface area contributed by atoms with E-state index in [-0.39, 0.29) is 10.7 Å². The molecule has 0 aliphatic heterocycles. The van der Waals surface area contributed by atoms with E-state index in [4.69, 9.17) is 27.9 Å². The van der Waals surface area contributed by atoms with Crippen molar-refractivity contribution in [2.45, 2.75) is 13.0 Å². The summed E-state index contributed by atoms with van der Waals surface area (Å²) in [6.45, 7) is 1.57. The predicted molar refractivity (Wildman–Crippen MR) is 81.6 cm³/mol. The Kier molecular flexibility index (Phi) is 5.04. The highest BCUT2D eigenvalue weighted by Crippen LogP contribution is 2.20. The third-order valence-corrected chi connectivity index (χ3v) is 3.17. The van der Waals surface area contributed by atoms with Crippen molar-refractivity contribution >= 4 is 34.8 Å². The second-order valence-corrected chi connectivity index (χ2v) is 5.20. The fourth-order valence-electron chi connectivity index (χ4n) is 1.60. The maximum Gasteiger partial charge on any atom is 0.265 e. The monoisotopic (exact) mass is 327 g/mol. The van der Waals surface area contributed by atoms with Crippen molar-refractivity contribution in [1.29, 1.82) is 0 Å². The van der Waals surface area contributed by atoms with Crippen molar-refractivity contribution in [2.75, 3.05) is 5.32 Å². The van der Waals surface area contributed by atoms with Gasteiger partial charge in [0.1, 0.15) is 11.6 Å². The molecule has 0 aromatic heterocycles. The van der Waals surface area contributed by atoms with Gasteiger partial charge in [-0.3, -0.25) is 4.79 Å². The summed E-state index contributed by atoms with van der Waals surface area (Å²) in [6, 6.07) is 10.6. The average molecular weight is 328 g/mol. The Bertz CT molecular complexity index is 647. The minimum absolute atomic E-state index is 0.0518. The van der Waals surface area contributed by atoms with E-state index in [9.17, 15) is 9.18 Å². The van der Waals surface area contributed by atoms with Crippen LogP contribution in [-0.4, -0.2) is 12.0 Å². The first-order chi connectivity index (χ1) is 9.95. The van der Waals surface area contributed by atoms with Gasteiger partial charge in [-0.1, -0.05) is 23.2 Å². The van der Waals surface area contributed by atoms with Crippen LogP contribution in [0.15, 0.2) is 42.5 Å². The molecule has 21 heavy (non-hydrogen) atoms. The van der Waals surface area contributed by atoms with Gasteiger partial charge in [-0.05, 0) is 49.4 Å². The van der Waals surface area contributed by atoms with Crippen molar-refractivity contribution in [1.82, 2.24) is 0 Å². The Morgan fingerprint density at radius 1 is 1.14 bits per heavy atom. The van der Waals surface area contributed by atoms with E-state index in [1.807, 2.05) is 0 Å². The van der Waals surface area contributed by atoms with Crippen LogP contribution in [-0.2, 0) is 4.79 Å². The topological polar surface area (TPSA) is 38.3 Å². The van der Waals surface area contributed by atoms with Crippen LogP contribution in [0.4, 0.5) is 10.1 Å². The quantitative estimate of drug-likeness (QED) is 0.895. The molecule has 110 valence electrons. The lowest BCUT2D eigenvalue weighted by Gasteiger charge is -2.15. The average Bonchev–Trinajstić information content (AvgIpc) is 2.44. The minimum Gasteiger partial charge on any atom is -0.481 e. The number of hydrogen-bond acceptors (Lipinski definition) is 2. The SMILES string of the molecule is C[C@H](Oc1ccc(Cl)cc1)C(=O)Nc1ccc(Cl)cc1F. The first-order valence-corrected chi connectivity index (χ1v) is 6.89. The van der Waals surface area contributed by atoms with Crippen LogP contribution in [0.2, 0.25) is 10.0 Å². The number of rotatable bonds is 4. The zero-order valence-electron chi connectivity index (χ0n) is 11.1. The Morgan fingerprint density at radius 2 is 1.76 bits per heavy atom. The number of carbonyl (C=O) groups excluding carboxylic acids is 1. The largest absolute Gasteiger partial charge is 0.481 e. The Labute approximate surface area is 131 Å². The van der Waals surface area contributed by atoms with E-state index >= 15 is 0 Å². The summed E-state index contributed by atoms with van der Waals surface area (Å²) in [5, 5.41) is 3.28. The maximum absolute atomic E-state index is 13.6. The van der Waals surface area contributed by atoms with Gasteiger partial charge in [0, 0.05) is 10.0 Å². The van der Waals surface area contributed by atoms with Crippen LogP contribution < -0.4 is 10.1 Å². The molecule has 0 spiro atoms. The van der Waals surface area contributed by atoms with Gasteiger partial charge in [0.15, 0.2) is 6.10 Å². The zero-order valence-corrected chi connectivity index (χ0v) is 12.6. The van der Waals surface area contributed by atoms with E-state index in [2.05, 4.69) is 5.32 Å². The summed E-state index contributed by atoms with van der Waals surface area (Å²) in [6.07, 6.45) is -0.791. The summed E-state index contributed by atoms with van der Waals surface area (Å²) in [4.78, 5) is 12.0. The third-order valence-electron chi connectivity index (χ3n) is 2.68. The molecule has 6 heteroatoms. The van der Waals surface area contributed by atoms with E-state index < -0.39 is 17.8 Å². The smallest absolute Gasteiger partial charge is 0.265 e. The summed E-state index contributed by atoms with van der Waals surface area (Å²) in [5.41, 5.74) is 0.0518. The van der Waals surface area contributed by atoms with Crippen LogP contribution in [0.25, 0.3) is 0 Å².